The van der Waals surface area contributed by atoms with Gasteiger partial charge in [-0.25, -0.2) is 4.90 Å². The lowest BCUT2D eigenvalue weighted by atomic mass is 9.93. The number of anilines is 1. The third-order valence-electron chi connectivity index (χ3n) is 4.45. The predicted molar refractivity (Wildman–Crippen MR) is 102 cm³/mol. The van der Waals surface area contributed by atoms with Crippen molar-refractivity contribution >= 4 is 44.2 Å². The number of amides is 2. The predicted octanol–water partition coefficient (Wildman–Crippen LogP) is 4.42. The Morgan fingerprint density at radius 3 is 2.08 bits per heavy atom. The fourth-order valence-electron chi connectivity index (χ4n) is 3.22. The SMILES string of the molecule is COc1cc(OC)cc(N2C(=O)c3cccc4c(Br)ccc(c34)C2=O)c1. The van der Waals surface area contributed by atoms with E-state index in [1.807, 2.05) is 18.2 Å². The van der Waals surface area contributed by atoms with Crippen molar-refractivity contribution in [3.8, 4) is 11.5 Å². The molecule has 0 saturated carbocycles. The fourth-order valence-corrected chi connectivity index (χ4v) is 3.68. The molecular formula is C20H14BrNO4. The Morgan fingerprint density at radius 1 is 0.846 bits per heavy atom. The van der Waals surface area contributed by atoms with Crippen molar-refractivity contribution in [3.63, 3.8) is 0 Å². The van der Waals surface area contributed by atoms with Gasteiger partial charge in [-0.05, 0) is 23.6 Å². The lowest BCUT2D eigenvalue weighted by Crippen LogP contribution is -2.40. The van der Waals surface area contributed by atoms with Gasteiger partial charge in [-0.2, -0.15) is 0 Å². The Hall–Kier alpha value is -2.86. The van der Waals surface area contributed by atoms with Crippen LogP contribution in [0.3, 0.4) is 0 Å². The van der Waals surface area contributed by atoms with Crippen LogP contribution in [0.25, 0.3) is 10.8 Å². The number of hydrogen-bond donors (Lipinski definition) is 0. The summed E-state index contributed by atoms with van der Waals surface area (Å²) in [6, 6.07) is 14.0. The molecule has 5 nitrogen and oxygen atoms in total. The summed E-state index contributed by atoms with van der Waals surface area (Å²) in [5.41, 5.74) is 1.38. The van der Waals surface area contributed by atoms with Crippen LogP contribution in [0.15, 0.2) is 53.0 Å². The molecule has 0 radical (unpaired) electrons. The van der Waals surface area contributed by atoms with Crippen LogP contribution in [0.1, 0.15) is 20.7 Å². The molecule has 0 bridgehead atoms. The third-order valence-corrected chi connectivity index (χ3v) is 5.14. The van der Waals surface area contributed by atoms with Crippen molar-refractivity contribution in [2.24, 2.45) is 0 Å². The summed E-state index contributed by atoms with van der Waals surface area (Å²) < 4.78 is 11.4. The van der Waals surface area contributed by atoms with E-state index >= 15 is 0 Å². The van der Waals surface area contributed by atoms with Gasteiger partial charge < -0.3 is 9.47 Å². The van der Waals surface area contributed by atoms with Crippen LogP contribution < -0.4 is 14.4 Å². The minimum atomic E-state index is -0.374. The number of carbonyl (C=O) groups excluding carboxylic acids is 2. The first-order valence-electron chi connectivity index (χ1n) is 7.88. The number of halogens is 1. The highest BCUT2D eigenvalue weighted by atomic mass is 79.9. The Balaban J connectivity index is 1.95. The molecule has 130 valence electrons. The molecule has 0 saturated heterocycles. The Bertz CT molecular complexity index is 1030. The van der Waals surface area contributed by atoms with E-state index in [0.717, 1.165) is 14.8 Å². The lowest BCUT2D eigenvalue weighted by Gasteiger charge is -2.28. The van der Waals surface area contributed by atoms with Gasteiger partial charge in [0.2, 0.25) is 0 Å². The molecule has 26 heavy (non-hydrogen) atoms. The first-order chi connectivity index (χ1) is 12.5. The van der Waals surface area contributed by atoms with E-state index in [-0.39, 0.29) is 11.8 Å². The van der Waals surface area contributed by atoms with Crippen molar-refractivity contribution in [2.45, 2.75) is 0 Å². The smallest absolute Gasteiger partial charge is 0.265 e. The van der Waals surface area contributed by atoms with Gasteiger partial charge in [0.25, 0.3) is 11.8 Å². The van der Waals surface area contributed by atoms with Gasteiger partial charge in [-0.3, -0.25) is 9.59 Å². The van der Waals surface area contributed by atoms with Crippen molar-refractivity contribution in [1.29, 1.82) is 0 Å². The summed E-state index contributed by atoms with van der Waals surface area (Å²) in [6.45, 7) is 0. The van der Waals surface area contributed by atoms with Gasteiger partial charge >= 0.3 is 0 Å². The molecule has 1 aliphatic rings. The van der Waals surface area contributed by atoms with Crippen LogP contribution in [0.5, 0.6) is 11.5 Å². The molecule has 3 aromatic carbocycles. The highest BCUT2D eigenvalue weighted by Crippen LogP contribution is 2.37. The molecule has 2 amide bonds. The first-order valence-corrected chi connectivity index (χ1v) is 8.67. The normalized spacial score (nSPS) is 13.3. The minimum absolute atomic E-state index is 0.374. The van der Waals surface area contributed by atoms with Gasteiger partial charge in [0.05, 0.1) is 19.9 Å². The molecule has 3 aromatic rings. The second-order valence-corrected chi connectivity index (χ2v) is 6.69. The topological polar surface area (TPSA) is 55.8 Å². The van der Waals surface area contributed by atoms with E-state index in [0.29, 0.717) is 33.7 Å². The number of carbonyl (C=O) groups is 2. The summed E-state index contributed by atoms with van der Waals surface area (Å²) in [6.07, 6.45) is 0. The standard InChI is InChI=1S/C20H14BrNO4/c1-25-12-8-11(9-13(10-12)26-2)22-19(23)15-5-3-4-14-17(21)7-6-16(18(14)15)20(22)24/h3-10H,1-2H3. The summed E-state index contributed by atoms with van der Waals surface area (Å²) in [4.78, 5) is 27.4. The average molecular weight is 412 g/mol. The van der Waals surface area contributed by atoms with Crippen molar-refractivity contribution in [2.75, 3.05) is 19.1 Å². The van der Waals surface area contributed by atoms with E-state index in [1.165, 1.54) is 14.2 Å². The Labute approximate surface area is 158 Å². The molecule has 0 spiro atoms. The Morgan fingerprint density at radius 2 is 1.46 bits per heavy atom. The molecule has 1 aliphatic heterocycles. The van der Waals surface area contributed by atoms with E-state index in [4.69, 9.17) is 9.47 Å². The van der Waals surface area contributed by atoms with Crippen molar-refractivity contribution < 1.29 is 19.1 Å². The quantitative estimate of drug-likeness (QED) is 0.598. The molecule has 6 heteroatoms. The van der Waals surface area contributed by atoms with Gasteiger partial charge in [-0.1, -0.05) is 28.1 Å². The summed E-state index contributed by atoms with van der Waals surface area (Å²) in [5.74, 6) is 0.252. The largest absolute Gasteiger partial charge is 0.497 e. The van der Waals surface area contributed by atoms with E-state index < -0.39 is 0 Å². The number of ether oxygens (including phenoxy) is 2. The molecule has 0 aliphatic carbocycles. The first kappa shape index (κ1) is 16.6. The molecule has 0 N–H and O–H groups in total. The van der Waals surface area contributed by atoms with E-state index in [1.54, 1.807) is 30.3 Å². The van der Waals surface area contributed by atoms with Gasteiger partial charge in [-0.15, -0.1) is 0 Å². The number of rotatable bonds is 3. The van der Waals surface area contributed by atoms with Crippen LogP contribution in [-0.4, -0.2) is 26.0 Å². The average Bonchev–Trinajstić information content (AvgIpc) is 2.67. The number of nitrogens with zero attached hydrogens (tertiary/aromatic N) is 1. The fraction of sp³-hybridized carbons (Fsp3) is 0.100. The van der Waals surface area contributed by atoms with Crippen LogP contribution in [0.2, 0.25) is 0 Å². The maximum Gasteiger partial charge on any atom is 0.265 e. The zero-order valence-corrected chi connectivity index (χ0v) is 15.7. The highest BCUT2D eigenvalue weighted by Gasteiger charge is 2.34. The summed E-state index contributed by atoms with van der Waals surface area (Å²) >= 11 is 3.49. The maximum atomic E-state index is 13.1. The molecule has 0 atom stereocenters. The molecule has 0 fully saturated rings. The van der Waals surface area contributed by atoms with Crippen molar-refractivity contribution in [1.82, 2.24) is 0 Å². The number of imide groups is 1. The van der Waals surface area contributed by atoms with Gasteiger partial charge in [0.1, 0.15) is 11.5 Å². The number of hydrogen-bond acceptors (Lipinski definition) is 4. The van der Waals surface area contributed by atoms with Crippen LogP contribution in [-0.2, 0) is 0 Å². The summed E-state index contributed by atoms with van der Waals surface area (Å²) in [5, 5.41) is 1.51. The van der Waals surface area contributed by atoms with Crippen molar-refractivity contribution in [3.05, 3.63) is 64.1 Å². The molecule has 0 aromatic heterocycles. The Kier molecular flexibility index (Phi) is 3.92. The molecule has 4 rings (SSSR count). The van der Waals surface area contributed by atoms with Crippen LogP contribution in [0.4, 0.5) is 5.69 Å². The summed E-state index contributed by atoms with van der Waals surface area (Å²) in [7, 11) is 3.04. The zero-order chi connectivity index (χ0) is 18.4. The lowest BCUT2D eigenvalue weighted by molar-refractivity contribution is 0.0893. The highest BCUT2D eigenvalue weighted by molar-refractivity contribution is 9.10. The maximum absolute atomic E-state index is 13.1. The number of benzene rings is 3. The minimum Gasteiger partial charge on any atom is -0.497 e. The number of methoxy groups -OCH3 is 2. The van der Waals surface area contributed by atoms with Crippen LogP contribution in [0, 0.1) is 0 Å². The van der Waals surface area contributed by atoms with Gasteiger partial charge in [0, 0.05) is 39.2 Å². The molecular weight excluding hydrogens is 398 g/mol. The molecule has 0 unspecified atom stereocenters. The van der Waals surface area contributed by atoms with Crippen LogP contribution >= 0.6 is 15.9 Å². The monoisotopic (exact) mass is 411 g/mol. The third kappa shape index (κ3) is 2.37. The van der Waals surface area contributed by atoms with Gasteiger partial charge in [0.15, 0.2) is 0 Å². The zero-order valence-electron chi connectivity index (χ0n) is 14.1. The second kappa shape index (κ2) is 6.14. The second-order valence-electron chi connectivity index (χ2n) is 5.84. The molecule has 1 heterocycles. The van der Waals surface area contributed by atoms with E-state index in [9.17, 15) is 9.59 Å². The van der Waals surface area contributed by atoms with E-state index in [2.05, 4.69) is 15.9 Å².